The first-order valence-electron chi connectivity index (χ1n) is 6.20. The van der Waals surface area contributed by atoms with Gasteiger partial charge < -0.3 is 15.4 Å². The second kappa shape index (κ2) is 4.64. The van der Waals surface area contributed by atoms with Gasteiger partial charge in [0.1, 0.15) is 6.04 Å². The Bertz CT molecular complexity index is 326. The van der Waals surface area contributed by atoms with Gasteiger partial charge in [-0.05, 0) is 25.7 Å². The molecular weight excluding hydrogens is 220 g/mol. The smallest absolute Gasteiger partial charge is 0.240 e. The fourth-order valence-electron chi connectivity index (χ4n) is 2.91. The van der Waals surface area contributed by atoms with Crippen LogP contribution in [-0.2, 0) is 14.3 Å². The van der Waals surface area contributed by atoms with Gasteiger partial charge in [0.05, 0.1) is 12.0 Å². The van der Waals surface area contributed by atoms with Crippen LogP contribution in [0.5, 0.6) is 0 Å². The standard InChI is InChI=1S/C12H20N2O3/c1-17-8-12(5-3-6-12)11(16)14-7-2-4-9(14)10(13)15/h9H,2-8H2,1H3,(H2,13,15)/t9-/m1/s1. The molecule has 1 heterocycles. The largest absolute Gasteiger partial charge is 0.384 e. The summed E-state index contributed by atoms with van der Waals surface area (Å²) in [4.78, 5) is 25.5. The lowest BCUT2D eigenvalue weighted by Crippen LogP contribution is -2.54. The molecule has 0 unspecified atom stereocenters. The molecule has 0 spiro atoms. The van der Waals surface area contributed by atoms with Gasteiger partial charge in [-0.1, -0.05) is 6.42 Å². The van der Waals surface area contributed by atoms with E-state index in [2.05, 4.69) is 0 Å². The first-order valence-corrected chi connectivity index (χ1v) is 6.20. The van der Waals surface area contributed by atoms with Gasteiger partial charge in [0.15, 0.2) is 0 Å². The molecule has 5 heteroatoms. The van der Waals surface area contributed by atoms with Crippen molar-refractivity contribution in [1.29, 1.82) is 0 Å². The number of carbonyl (C=O) groups is 2. The summed E-state index contributed by atoms with van der Waals surface area (Å²) in [5.41, 5.74) is 4.96. The molecule has 5 nitrogen and oxygen atoms in total. The number of amides is 2. The Morgan fingerprint density at radius 2 is 2.12 bits per heavy atom. The molecular formula is C12H20N2O3. The summed E-state index contributed by atoms with van der Waals surface area (Å²) in [6.07, 6.45) is 4.35. The summed E-state index contributed by atoms with van der Waals surface area (Å²) in [7, 11) is 1.61. The minimum Gasteiger partial charge on any atom is -0.384 e. The van der Waals surface area contributed by atoms with E-state index >= 15 is 0 Å². The number of hydrogen-bond acceptors (Lipinski definition) is 3. The predicted molar refractivity (Wildman–Crippen MR) is 62.1 cm³/mol. The highest BCUT2D eigenvalue weighted by Crippen LogP contribution is 2.43. The molecule has 2 N–H and O–H groups in total. The number of hydrogen-bond donors (Lipinski definition) is 1. The van der Waals surface area contributed by atoms with Crippen LogP contribution in [0.25, 0.3) is 0 Å². The summed E-state index contributed by atoms with van der Waals surface area (Å²) in [5, 5.41) is 0. The third-order valence-corrected chi connectivity index (χ3v) is 4.03. The van der Waals surface area contributed by atoms with E-state index in [1.54, 1.807) is 12.0 Å². The summed E-state index contributed by atoms with van der Waals surface area (Å²) in [6.45, 7) is 1.10. The molecule has 1 saturated heterocycles. The van der Waals surface area contributed by atoms with Crippen LogP contribution in [0.4, 0.5) is 0 Å². The molecule has 1 aliphatic carbocycles. The second-order valence-corrected chi connectivity index (χ2v) is 5.13. The van der Waals surface area contributed by atoms with Crippen molar-refractivity contribution in [2.45, 2.75) is 38.1 Å². The van der Waals surface area contributed by atoms with Crippen LogP contribution in [0.1, 0.15) is 32.1 Å². The van der Waals surface area contributed by atoms with Gasteiger partial charge in [0.2, 0.25) is 11.8 Å². The van der Waals surface area contributed by atoms with Crippen LogP contribution in [-0.4, -0.2) is 43.0 Å². The molecule has 0 aromatic heterocycles. The first-order chi connectivity index (χ1) is 8.10. The molecule has 96 valence electrons. The lowest BCUT2D eigenvalue weighted by molar-refractivity contribution is -0.155. The SMILES string of the molecule is COCC1(C(=O)N2CCC[C@@H]2C(N)=O)CCC1. The third kappa shape index (κ3) is 2.04. The fraction of sp³-hybridized carbons (Fsp3) is 0.833. The molecule has 2 rings (SSSR count). The average molecular weight is 240 g/mol. The van der Waals surface area contributed by atoms with Crippen molar-refractivity contribution >= 4 is 11.8 Å². The molecule has 0 bridgehead atoms. The van der Waals surface area contributed by atoms with E-state index in [1.807, 2.05) is 0 Å². The fourth-order valence-corrected chi connectivity index (χ4v) is 2.91. The van der Waals surface area contributed by atoms with Crippen LogP contribution in [0.15, 0.2) is 0 Å². The molecule has 0 aromatic rings. The zero-order chi connectivity index (χ0) is 12.5. The molecule has 1 aliphatic heterocycles. The molecule has 2 amide bonds. The Hall–Kier alpha value is -1.10. The van der Waals surface area contributed by atoms with Gasteiger partial charge >= 0.3 is 0 Å². The highest BCUT2D eigenvalue weighted by atomic mass is 16.5. The maximum Gasteiger partial charge on any atom is 0.240 e. The Labute approximate surface area is 101 Å². The molecule has 2 aliphatic rings. The summed E-state index contributed by atoms with van der Waals surface area (Å²) >= 11 is 0. The van der Waals surface area contributed by atoms with E-state index in [0.29, 0.717) is 19.6 Å². The van der Waals surface area contributed by atoms with Crippen molar-refractivity contribution in [2.75, 3.05) is 20.3 Å². The Kier molecular flexibility index (Phi) is 3.38. The van der Waals surface area contributed by atoms with Gasteiger partial charge in [0, 0.05) is 13.7 Å². The normalized spacial score (nSPS) is 26.6. The average Bonchev–Trinajstić information content (AvgIpc) is 2.71. The molecule has 1 saturated carbocycles. The van der Waals surface area contributed by atoms with Gasteiger partial charge in [0.25, 0.3) is 0 Å². The lowest BCUT2D eigenvalue weighted by Gasteiger charge is -2.43. The van der Waals surface area contributed by atoms with E-state index in [9.17, 15) is 9.59 Å². The second-order valence-electron chi connectivity index (χ2n) is 5.13. The van der Waals surface area contributed by atoms with Crippen molar-refractivity contribution in [1.82, 2.24) is 4.90 Å². The monoisotopic (exact) mass is 240 g/mol. The number of nitrogens with two attached hydrogens (primary N) is 1. The Morgan fingerprint density at radius 3 is 2.59 bits per heavy atom. The molecule has 0 aromatic carbocycles. The Morgan fingerprint density at radius 1 is 1.41 bits per heavy atom. The molecule has 2 fully saturated rings. The van der Waals surface area contributed by atoms with Gasteiger partial charge in [-0.2, -0.15) is 0 Å². The third-order valence-electron chi connectivity index (χ3n) is 4.03. The number of ether oxygens (including phenoxy) is 1. The van der Waals surface area contributed by atoms with Crippen molar-refractivity contribution in [3.63, 3.8) is 0 Å². The van der Waals surface area contributed by atoms with Crippen LogP contribution in [0, 0.1) is 5.41 Å². The van der Waals surface area contributed by atoms with Gasteiger partial charge in [-0.15, -0.1) is 0 Å². The Balaban J connectivity index is 2.10. The predicted octanol–water partition coefficient (Wildman–Crippen LogP) is 0.279. The summed E-state index contributed by atoms with van der Waals surface area (Å²) in [6, 6.07) is -0.406. The number of carbonyl (C=O) groups excluding carboxylic acids is 2. The van der Waals surface area contributed by atoms with E-state index in [0.717, 1.165) is 25.7 Å². The van der Waals surface area contributed by atoms with E-state index in [-0.39, 0.29) is 17.2 Å². The number of methoxy groups -OCH3 is 1. The van der Waals surface area contributed by atoms with Crippen molar-refractivity contribution in [3.8, 4) is 0 Å². The van der Waals surface area contributed by atoms with Crippen LogP contribution in [0.2, 0.25) is 0 Å². The number of rotatable bonds is 4. The lowest BCUT2D eigenvalue weighted by atomic mass is 9.68. The topological polar surface area (TPSA) is 72.6 Å². The zero-order valence-electron chi connectivity index (χ0n) is 10.3. The minimum absolute atomic E-state index is 0.0619. The quantitative estimate of drug-likeness (QED) is 0.767. The maximum atomic E-state index is 12.5. The zero-order valence-corrected chi connectivity index (χ0v) is 10.3. The van der Waals surface area contributed by atoms with Crippen molar-refractivity contribution in [3.05, 3.63) is 0 Å². The molecule has 1 atom stereocenters. The summed E-state index contributed by atoms with van der Waals surface area (Å²) < 4.78 is 5.16. The number of likely N-dealkylation sites (tertiary alicyclic amines) is 1. The maximum absolute atomic E-state index is 12.5. The van der Waals surface area contributed by atoms with E-state index in [1.165, 1.54) is 0 Å². The summed E-state index contributed by atoms with van der Waals surface area (Å²) in [5.74, 6) is -0.324. The van der Waals surface area contributed by atoms with E-state index in [4.69, 9.17) is 10.5 Å². The van der Waals surface area contributed by atoms with Crippen molar-refractivity contribution < 1.29 is 14.3 Å². The van der Waals surface area contributed by atoms with Crippen molar-refractivity contribution in [2.24, 2.45) is 11.1 Å². The number of primary amides is 1. The van der Waals surface area contributed by atoms with E-state index < -0.39 is 6.04 Å². The minimum atomic E-state index is -0.406. The molecule has 17 heavy (non-hydrogen) atoms. The van der Waals surface area contributed by atoms with Crippen LogP contribution < -0.4 is 5.73 Å². The van der Waals surface area contributed by atoms with Crippen LogP contribution in [0.3, 0.4) is 0 Å². The highest BCUT2D eigenvalue weighted by Gasteiger charge is 2.49. The first kappa shape index (κ1) is 12.4. The highest BCUT2D eigenvalue weighted by molar-refractivity contribution is 5.90. The molecule has 0 radical (unpaired) electrons. The van der Waals surface area contributed by atoms with Gasteiger partial charge in [-0.25, -0.2) is 0 Å². The van der Waals surface area contributed by atoms with Crippen LogP contribution >= 0.6 is 0 Å². The van der Waals surface area contributed by atoms with Gasteiger partial charge in [-0.3, -0.25) is 9.59 Å². The number of nitrogens with zero attached hydrogens (tertiary/aromatic N) is 1.